The lowest BCUT2D eigenvalue weighted by Crippen LogP contribution is -2.20. The van der Waals surface area contributed by atoms with E-state index >= 15 is 0 Å². The van der Waals surface area contributed by atoms with E-state index in [2.05, 4.69) is 9.93 Å². The Morgan fingerprint density at radius 1 is 1.18 bits per heavy atom. The van der Waals surface area contributed by atoms with Crippen LogP contribution in [-0.4, -0.2) is 33.8 Å². The van der Waals surface area contributed by atoms with Crippen molar-refractivity contribution >= 4 is 21.4 Å². The second kappa shape index (κ2) is 8.60. The van der Waals surface area contributed by atoms with Crippen LogP contribution in [0.25, 0.3) is 0 Å². The van der Waals surface area contributed by atoms with Gasteiger partial charge < -0.3 is 9.64 Å². The second-order valence-electron chi connectivity index (χ2n) is 6.56. The van der Waals surface area contributed by atoms with E-state index in [1.807, 2.05) is 11.8 Å². The zero-order valence-corrected chi connectivity index (χ0v) is 16.8. The maximum absolute atomic E-state index is 14.5. The van der Waals surface area contributed by atoms with Crippen molar-refractivity contribution in [2.24, 2.45) is 5.10 Å². The number of sulfonamides is 1. The van der Waals surface area contributed by atoms with Crippen molar-refractivity contribution in [1.82, 2.24) is 4.83 Å². The number of rotatable bonds is 7. The van der Waals surface area contributed by atoms with Crippen molar-refractivity contribution in [3.8, 4) is 5.75 Å². The van der Waals surface area contributed by atoms with E-state index in [4.69, 9.17) is 4.74 Å². The van der Waals surface area contributed by atoms with Crippen LogP contribution in [-0.2, 0) is 10.0 Å². The molecule has 1 aliphatic heterocycles. The van der Waals surface area contributed by atoms with E-state index in [1.54, 1.807) is 31.2 Å². The van der Waals surface area contributed by atoms with Gasteiger partial charge in [0.2, 0.25) is 0 Å². The predicted molar refractivity (Wildman–Crippen MR) is 108 cm³/mol. The first-order valence-electron chi connectivity index (χ1n) is 9.24. The maximum atomic E-state index is 14.5. The molecule has 3 rings (SSSR count). The molecule has 0 radical (unpaired) electrons. The van der Waals surface area contributed by atoms with E-state index in [0.29, 0.717) is 29.3 Å². The Bertz CT molecular complexity index is 953. The van der Waals surface area contributed by atoms with Crippen LogP contribution in [0.4, 0.5) is 10.1 Å². The lowest BCUT2D eigenvalue weighted by molar-refractivity contribution is 0.340. The lowest BCUT2D eigenvalue weighted by atomic mass is 10.1. The summed E-state index contributed by atoms with van der Waals surface area (Å²) in [6.07, 6.45) is 2.13. The molecule has 8 heteroatoms. The van der Waals surface area contributed by atoms with Crippen LogP contribution in [0.1, 0.15) is 32.3 Å². The maximum Gasteiger partial charge on any atom is 0.276 e. The molecule has 0 bridgehead atoms. The number of hydrogen-bond donors (Lipinski definition) is 1. The Labute approximate surface area is 165 Å². The smallest absolute Gasteiger partial charge is 0.276 e. The average molecular weight is 405 g/mol. The van der Waals surface area contributed by atoms with Gasteiger partial charge in [-0.05, 0) is 63.1 Å². The molecule has 0 aromatic heterocycles. The third-order valence-corrected chi connectivity index (χ3v) is 5.82. The number of anilines is 1. The van der Waals surface area contributed by atoms with Crippen LogP contribution >= 0.6 is 0 Å². The first-order chi connectivity index (χ1) is 13.4. The van der Waals surface area contributed by atoms with Crippen LogP contribution in [0.5, 0.6) is 5.75 Å². The van der Waals surface area contributed by atoms with Gasteiger partial charge in [0, 0.05) is 18.7 Å². The van der Waals surface area contributed by atoms with Crippen molar-refractivity contribution in [2.75, 3.05) is 24.6 Å². The van der Waals surface area contributed by atoms with Gasteiger partial charge in [-0.15, -0.1) is 0 Å². The fraction of sp³-hybridized carbons (Fsp3) is 0.350. The average Bonchev–Trinajstić information content (AvgIpc) is 3.21. The first kappa shape index (κ1) is 20.1. The Balaban J connectivity index is 1.73. The van der Waals surface area contributed by atoms with Crippen LogP contribution in [0, 0.1) is 5.82 Å². The second-order valence-corrected chi connectivity index (χ2v) is 8.22. The van der Waals surface area contributed by atoms with Crippen LogP contribution in [0.15, 0.2) is 52.5 Å². The highest BCUT2D eigenvalue weighted by Gasteiger charge is 2.17. The molecule has 0 unspecified atom stereocenters. The monoisotopic (exact) mass is 405 g/mol. The highest BCUT2D eigenvalue weighted by Crippen LogP contribution is 2.24. The number of nitrogens with zero attached hydrogens (tertiary/aromatic N) is 2. The largest absolute Gasteiger partial charge is 0.494 e. The summed E-state index contributed by atoms with van der Waals surface area (Å²) < 4.78 is 44.5. The van der Waals surface area contributed by atoms with Gasteiger partial charge >= 0.3 is 0 Å². The standard InChI is InChI=1S/C20H24FN3O3S/c1-3-27-17-7-9-18(10-8-17)28(25,26)23-22-15(2)16-6-11-20(19(21)14-16)24-12-4-5-13-24/h6-11,14,23H,3-5,12-13H2,1-2H3/b22-15-. The number of nitrogens with one attached hydrogen (secondary N) is 1. The lowest BCUT2D eigenvalue weighted by Gasteiger charge is -2.18. The van der Waals surface area contributed by atoms with Gasteiger partial charge in [0.15, 0.2) is 0 Å². The van der Waals surface area contributed by atoms with E-state index in [9.17, 15) is 12.8 Å². The Morgan fingerprint density at radius 3 is 2.46 bits per heavy atom. The number of ether oxygens (including phenoxy) is 1. The summed E-state index contributed by atoms with van der Waals surface area (Å²) in [7, 11) is -3.82. The molecule has 0 aliphatic carbocycles. The highest BCUT2D eigenvalue weighted by atomic mass is 32.2. The minimum Gasteiger partial charge on any atom is -0.494 e. The zero-order chi connectivity index (χ0) is 20.1. The summed E-state index contributed by atoms with van der Waals surface area (Å²) in [6.45, 7) is 5.69. The van der Waals surface area contributed by atoms with Crippen LogP contribution in [0.2, 0.25) is 0 Å². The number of halogens is 1. The minimum atomic E-state index is -3.82. The number of hydrazone groups is 1. The van der Waals surface area contributed by atoms with E-state index in [-0.39, 0.29) is 10.7 Å². The Hall–Kier alpha value is -2.61. The van der Waals surface area contributed by atoms with Gasteiger partial charge in [0.1, 0.15) is 11.6 Å². The molecular formula is C20H24FN3O3S. The van der Waals surface area contributed by atoms with Gasteiger partial charge in [-0.25, -0.2) is 4.39 Å². The molecule has 6 nitrogen and oxygen atoms in total. The SMILES string of the molecule is CCOc1ccc(S(=O)(=O)N/N=C(/C)c2ccc(N3CCCC3)c(F)c2)cc1. The number of hydrogen-bond acceptors (Lipinski definition) is 5. The minimum absolute atomic E-state index is 0.0723. The normalized spacial score (nSPS) is 15.0. The van der Waals surface area contributed by atoms with Gasteiger partial charge in [0.25, 0.3) is 10.0 Å². The van der Waals surface area contributed by atoms with E-state index in [0.717, 1.165) is 25.9 Å². The summed E-state index contributed by atoms with van der Waals surface area (Å²) in [5.41, 5.74) is 1.47. The van der Waals surface area contributed by atoms with Crippen molar-refractivity contribution in [3.63, 3.8) is 0 Å². The first-order valence-corrected chi connectivity index (χ1v) is 10.7. The summed E-state index contributed by atoms with van der Waals surface area (Å²) in [4.78, 5) is 4.29. The molecule has 0 atom stereocenters. The van der Waals surface area contributed by atoms with Crippen molar-refractivity contribution in [3.05, 3.63) is 53.8 Å². The molecule has 1 fully saturated rings. The van der Waals surface area contributed by atoms with Crippen LogP contribution < -0.4 is 14.5 Å². The van der Waals surface area contributed by atoms with Crippen molar-refractivity contribution in [1.29, 1.82) is 0 Å². The Kier molecular flexibility index (Phi) is 6.18. The molecule has 0 saturated carbocycles. The van der Waals surface area contributed by atoms with E-state index in [1.165, 1.54) is 18.2 Å². The van der Waals surface area contributed by atoms with E-state index < -0.39 is 10.0 Å². The van der Waals surface area contributed by atoms with Crippen LogP contribution in [0.3, 0.4) is 0 Å². The van der Waals surface area contributed by atoms with Crippen molar-refractivity contribution in [2.45, 2.75) is 31.6 Å². The predicted octanol–water partition coefficient (Wildman–Crippen LogP) is 3.53. The molecule has 1 N–H and O–H groups in total. The molecule has 1 heterocycles. The molecule has 150 valence electrons. The third kappa shape index (κ3) is 4.62. The quantitative estimate of drug-likeness (QED) is 0.565. The van der Waals surface area contributed by atoms with Gasteiger partial charge in [0.05, 0.1) is 22.9 Å². The fourth-order valence-corrected chi connectivity index (χ4v) is 3.93. The molecule has 0 spiro atoms. The fourth-order valence-electron chi connectivity index (χ4n) is 3.07. The molecule has 2 aromatic rings. The number of benzene rings is 2. The summed E-state index contributed by atoms with van der Waals surface area (Å²) >= 11 is 0. The molecule has 2 aromatic carbocycles. The van der Waals surface area contributed by atoms with Gasteiger partial charge in [-0.3, -0.25) is 0 Å². The molecular weight excluding hydrogens is 381 g/mol. The van der Waals surface area contributed by atoms with Gasteiger partial charge in [-0.1, -0.05) is 6.07 Å². The topological polar surface area (TPSA) is 71.0 Å². The van der Waals surface area contributed by atoms with Crippen molar-refractivity contribution < 1.29 is 17.5 Å². The summed E-state index contributed by atoms with van der Waals surface area (Å²) in [5, 5.41) is 3.94. The molecule has 1 saturated heterocycles. The van der Waals surface area contributed by atoms with Gasteiger partial charge in [-0.2, -0.15) is 18.4 Å². The zero-order valence-electron chi connectivity index (χ0n) is 16.0. The third-order valence-electron chi connectivity index (χ3n) is 4.59. The summed E-state index contributed by atoms with van der Waals surface area (Å²) in [5.74, 6) is 0.262. The highest BCUT2D eigenvalue weighted by molar-refractivity contribution is 7.89. The molecule has 1 aliphatic rings. The molecule has 0 amide bonds. The Morgan fingerprint density at radius 2 is 1.86 bits per heavy atom. The summed E-state index contributed by atoms with van der Waals surface area (Å²) in [6, 6.07) is 10.9. The molecule has 28 heavy (non-hydrogen) atoms.